The van der Waals surface area contributed by atoms with Gasteiger partial charge in [-0.25, -0.2) is 12.8 Å². The number of carbonyl (C=O) groups is 1. The minimum absolute atomic E-state index is 0.0691. The number of benzene rings is 3. The molecule has 0 aliphatic carbocycles. The van der Waals surface area contributed by atoms with Gasteiger partial charge in [-0.2, -0.15) is 0 Å². The van der Waals surface area contributed by atoms with Crippen LogP contribution in [0.4, 0.5) is 10.1 Å². The minimum atomic E-state index is -4.19. The number of para-hydroxylation sites is 1. The summed E-state index contributed by atoms with van der Waals surface area (Å²) in [5, 5.41) is 11.5. The minimum Gasteiger partial charge on any atom is -0.385 e. The van der Waals surface area contributed by atoms with E-state index in [2.05, 4.69) is 14.7 Å². The number of sulfonamides is 1. The number of piperidine rings is 1. The summed E-state index contributed by atoms with van der Waals surface area (Å²) in [7, 11) is -4.19. The lowest BCUT2D eigenvalue weighted by atomic mass is 9.84. The monoisotopic (exact) mass is 540 g/mol. The normalized spacial score (nSPS) is 15.5. The van der Waals surface area contributed by atoms with Gasteiger partial charge >= 0.3 is 0 Å². The number of fused-ring (bicyclic) bond motifs is 1. The third-order valence-electron chi connectivity index (χ3n) is 6.46. The molecule has 1 fully saturated rings. The lowest BCUT2D eigenvalue weighted by Gasteiger charge is -2.39. The Morgan fingerprint density at radius 2 is 1.76 bits per heavy atom. The second kappa shape index (κ2) is 9.70. The van der Waals surface area contributed by atoms with Crippen LogP contribution in [-0.2, 0) is 15.6 Å². The van der Waals surface area contributed by atoms with Gasteiger partial charge in [0.1, 0.15) is 16.2 Å². The summed E-state index contributed by atoms with van der Waals surface area (Å²) >= 11 is 6.25. The Morgan fingerprint density at radius 3 is 2.49 bits per heavy atom. The highest BCUT2D eigenvalue weighted by molar-refractivity contribution is 7.93. The number of hydrogen-bond donors (Lipinski definition) is 2. The van der Waals surface area contributed by atoms with Crippen molar-refractivity contribution in [3.8, 4) is 0 Å². The lowest BCUT2D eigenvalue weighted by Crippen LogP contribution is -2.45. The Morgan fingerprint density at radius 1 is 1.03 bits per heavy atom. The largest absolute Gasteiger partial charge is 0.385 e. The molecule has 2 heterocycles. The summed E-state index contributed by atoms with van der Waals surface area (Å²) in [5.74, 6) is -1.32. The number of aliphatic hydroxyl groups is 1. The summed E-state index contributed by atoms with van der Waals surface area (Å²) in [6.07, 6.45) is 3.37. The fourth-order valence-electron chi connectivity index (χ4n) is 4.48. The van der Waals surface area contributed by atoms with Gasteiger partial charge in [-0.3, -0.25) is 19.5 Å². The summed E-state index contributed by atoms with van der Waals surface area (Å²) in [4.78, 5) is 22.6. The van der Waals surface area contributed by atoms with Crippen molar-refractivity contribution in [2.45, 2.75) is 23.3 Å². The zero-order valence-electron chi connectivity index (χ0n) is 19.4. The molecule has 190 valence electrons. The number of hydrogen-bond acceptors (Lipinski definition) is 6. The molecule has 1 aromatic heterocycles. The molecular weight excluding hydrogens is 519 g/mol. The zero-order valence-corrected chi connectivity index (χ0v) is 21.0. The summed E-state index contributed by atoms with van der Waals surface area (Å²) in [5.41, 5.74) is -0.233. The van der Waals surface area contributed by atoms with Gasteiger partial charge in [-0.05, 0) is 49.2 Å². The van der Waals surface area contributed by atoms with E-state index in [1.165, 1.54) is 41.6 Å². The molecule has 1 amide bonds. The first-order valence-electron chi connectivity index (χ1n) is 11.5. The van der Waals surface area contributed by atoms with E-state index in [4.69, 9.17) is 11.6 Å². The van der Waals surface area contributed by atoms with E-state index in [0.717, 1.165) is 6.07 Å². The molecule has 0 spiro atoms. The number of halogens is 2. The van der Waals surface area contributed by atoms with E-state index >= 15 is 0 Å². The Kier molecular flexibility index (Phi) is 6.57. The molecule has 3 aromatic carbocycles. The quantitative estimate of drug-likeness (QED) is 0.389. The van der Waals surface area contributed by atoms with Gasteiger partial charge in [0.25, 0.3) is 15.9 Å². The van der Waals surface area contributed by atoms with Crippen LogP contribution >= 0.6 is 11.6 Å². The van der Waals surface area contributed by atoms with E-state index in [1.54, 1.807) is 30.3 Å². The zero-order chi connectivity index (χ0) is 26.2. The smallest absolute Gasteiger partial charge is 0.264 e. The maximum absolute atomic E-state index is 14.9. The standard InChI is InChI=1S/C26H22ClFN4O4S/c27-19-5-2-1-4-18(19)26(34)10-14-32(15-11-26)25(33)17-8-9-21(20(28)16-17)31-37(35,36)23-7-3-6-22-24(23)30-13-12-29-22/h1-9,12-13,16,31,34H,10-11,14-15H2. The van der Waals surface area contributed by atoms with E-state index in [1.807, 2.05) is 0 Å². The molecule has 1 saturated heterocycles. The number of anilines is 1. The van der Waals surface area contributed by atoms with E-state index in [0.29, 0.717) is 16.1 Å². The van der Waals surface area contributed by atoms with Gasteiger partial charge in [-0.15, -0.1) is 0 Å². The van der Waals surface area contributed by atoms with Gasteiger partial charge in [0, 0.05) is 41.6 Å². The van der Waals surface area contributed by atoms with Crippen molar-refractivity contribution in [1.29, 1.82) is 0 Å². The van der Waals surface area contributed by atoms with Crippen LogP contribution in [0.25, 0.3) is 11.0 Å². The molecule has 0 radical (unpaired) electrons. The first-order valence-corrected chi connectivity index (χ1v) is 13.3. The van der Waals surface area contributed by atoms with Crippen LogP contribution < -0.4 is 4.72 Å². The summed E-state index contributed by atoms with van der Waals surface area (Å²) in [6, 6.07) is 15.1. The third kappa shape index (κ3) is 4.87. The first kappa shape index (κ1) is 25.1. The molecule has 0 bridgehead atoms. The Balaban J connectivity index is 1.31. The molecule has 11 heteroatoms. The topological polar surface area (TPSA) is 112 Å². The van der Waals surface area contributed by atoms with Gasteiger partial charge in [0.2, 0.25) is 0 Å². The molecule has 0 atom stereocenters. The number of nitrogens with zero attached hydrogens (tertiary/aromatic N) is 3. The van der Waals surface area contributed by atoms with Gasteiger partial charge in [0.15, 0.2) is 0 Å². The summed E-state index contributed by atoms with van der Waals surface area (Å²) in [6.45, 7) is 0.497. The predicted octanol–water partition coefficient (Wildman–Crippen LogP) is 4.35. The molecule has 1 aliphatic heterocycles. The predicted molar refractivity (Wildman–Crippen MR) is 137 cm³/mol. The van der Waals surface area contributed by atoms with Crippen LogP contribution in [0.2, 0.25) is 5.02 Å². The first-order chi connectivity index (χ1) is 17.7. The summed E-state index contributed by atoms with van der Waals surface area (Å²) < 4.78 is 43.1. The number of nitrogens with one attached hydrogen (secondary N) is 1. The van der Waals surface area contributed by atoms with Crippen molar-refractivity contribution in [3.63, 3.8) is 0 Å². The average molecular weight is 541 g/mol. The van der Waals surface area contributed by atoms with Gasteiger partial charge < -0.3 is 10.0 Å². The van der Waals surface area contributed by atoms with Gasteiger partial charge in [0.05, 0.1) is 16.8 Å². The third-order valence-corrected chi connectivity index (χ3v) is 8.19. The number of likely N-dealkylation sites (tertiary alicyclic amines) is 1. The fourth-order valence-corrected chi connectivity index (χ4v) is 6.03. The van der Waals surface area contributed by atoms with Crippen molar-refractivity contribution in [2.24, 2.45) is 0 Å². The number of carbonyl (C=O) groups excluding carboxylic acids is 1. The van der Waals surface area contributed by atoms with Crippen LogP contribution in [0, 0.1) is 5.82 Å². The lowest BCUT2D eigenvalue weighted by molar-refractivity contribution is -0.0210. The van der Waals surface area contributed by atoms with E-state index < -0.39 is 27.3 Å². The second-order valence-electron chi connectivity index (χ2n) is 8.78. The van der Waals surface area contributed by atoms with Crippen molar-refractivity contribution in [3.05, 3.63) is 95.0 Å². The Hall–Kier alpha value is -3.60. The number of aromatic nitrogens is 2. The SMILES string of the molecule is O=C(c1ccc(NS(=O)(=O)c2cccc3nccnc23)c(F)c1)N1CCC(O)(c2ccccc2Cl)CC1. The molecule has 0 unspecified atom stereocenters. The molecule has 1 aliphatic rings. The van der Waals surface area contributed by atoms with Crippen molar-refractivity contribution < 1.29 is 22.7 Å². The van der Waals surface area contributed by atoms with Crippen LogP contribution in [0.15, 0.2) is 78.0 Å². The van der Waals surface area contributed by atoms with Crippen LogP contribution in [0.3, 0.4) is 0 Å². The molecule has 0 saturated carbocycles. The van der Waals surface area contributed by atoms with Crippen molar-refractivity contribution in [1.82, 2.24) is 14.9 Å². The van der Waals surface area contributed by atoms with Gasteiger partial charge in [-0.1, -0.05) is 35.9 Å². The molecule has 2 N–H and O–H groups in total. The highest BCUT2D eigenvalue weighted by Gasteiger charge is 2.37. The highest BCUT2D eigenvalue weighted by Crippen LogP contribution is 2.37. The number of amides is 1. The maximum Gasteiger partial charge on any atom is 0.264 e. The molecular formula is C26H22ClFN4O4S. The molecule has 5 rings (SSSR count). The van der Waals surface area contributed by atoms with Crippen molar-refractivity contribution in [2.75, 3.05) is 17.8 Å². The van der Waals surface area contributed by atoms with Crippen LogP contribution in [0.1, 0.15) is 28.8 Å². The van der Waals surface area contributed by atoms with Crippen molar-refractivity contribution >= 4 is 44.3 Å². The molecule has 8 nitrogen and oxygen atoms in total. The average Bonchev–Trinajstić information content (AvgIpc) is 2.89. The fraction of sp³-hybridized carbons (Fsp3) is 0.192. The highest BCUT2D eigenvalue weighted by atomic mass is 35.5. The molecule has 37 heavy (non-hydrogen) atoms. The van der Waals surface area contributed by atoms with E-state index in [-0.39, 0.29) is 47.6 Å². The van der Waals surface area contributed by atoms with Crippen LogP contribution in [-0.4, -0.2) is 47.4 Å². The maximum atomic E-state index is 14.9. The Labute approximate surface area is 217 Å². The Bertz CT molecular complexity index is 1600. The van der Waals surface area contributed by atoms with E-state index in [9.17, 15) is 22.7 Å². The second-order valence-corrected chi connectivity index (χ2v) is 10.8. The molecule has 4 aromatic rings. The van der Waals surface area contributed by atoms with Crippen LogP contribution in [0.5, 0.6) is 0 Å². The number of rotatable bonds is 5.